The number of hydrogen-bond acceptors (Lipinski definition) is 7. The highest BCUT2D eigenvalue weighted by atomic mass is 16.7. The summed E-state index contributed by atoms with van der Waals surface area (Å²) in [5.74, 6) is -0.750. The van der Waals surface area contributed by atoms with Crippen molar-refractivity contribution in [1.82, 2.24) is 21.0 Å². The molecule has 48 heavy (non-hydrogen) atoms. The summed E-state index contributed by atoms with van der Waals surface area (Å²) >= 11 is 0. The van der Waals surface area contributed by atoms with Gasteiger partial charge < -0.3 is 20.1 Å². The Hall–Kier alpha value is -4.67. The summed E-state index contributed by atoms with van der Waals surface area (Å²) in [4.78, 5) is 48.8. The van der Waals surface area contributed by atoms with Crippen molar-refractivity contribution in [2.45, 2.75) is 74.8 Å². The molecule has 2 fully saturated rings. The van der Waals surface area contributed by atoms with Gasteiger partial charge in [0.25, 0.3) is 5.91 Å². The lowest BCUT2D eigenvalue weighted by atomic mass is 9.97. The molecule has 4 aliphatic rings. The zero-order chi connectivity index (χ0) is 33.3. The number of rotatable bonds is 11. The van der Waals surface area contributed by atoms with Crippen LogP contribution in [0.4, 0.5) is 4.79 Å². The average molecular weight is 651 g/mol. The van der Waals surface area contributed by atoms with Gasteiger partial charge in [-0.25, -0.2) is 4.79 Å². The summed E-state index contributed by atoms with van der Waals surface area (Å²) < 4.78 is 11.7. The number of carbonyl (C=O) groups excluding carboxylic acids is 3. The molecule has 0 aromatic heterocycles. The maximum absolute atomic E-state index is 14.2. The number of ether oxygens (including phenoxy) is 2. The molecule has 3 aromatic carbocycles. The van der Waals surface area contributed by atoms with Gasteiger partial charge in [-0.05, 0) is 53.2 Å². The first-order valence-electron chi connectivity index (χ1n) is 16.9. The number of benzene rings is 3. The summed E-state index contributed by atoms with van der Waals surface area (Å²) in [7, 11) is 1.48. The molecule has 2 heterocycles. The van der Waals surface area contributed by atoms with Crippen LogP contribution in [-0.4, -0.2) is 72.9 Å². The van der Waals surface area contributed by atoms with E-state index in [9.17, 15) is 14.4 Å². The van der Waals surface area contributed by atoms with Crippen LogP contribution < -0.4 is 16.1 Å². The van der Waals surface area contributed by atoms with Crippen molar-refractivity contribution in [3.63, 3.8) is 0 Å². The van der Waals surface area contributed by atoms with Crippen LogP contribution in [0.2, 0.25) is 0 Å². The summed E-state index contributed by atoms with van der Waals surface area (Å²) in [6, 6.07) is 24.8. The lowest BCUT2D eigenvalue weighted by molar-refractivity contribution is -0.135. The molecule has 2 aliphatic carbocycles. The van der Waals surface area contributed by atoms with E-state index < -0.39 is 29.9 Å². The number of amides is 3. The Balaban J connectivity index is 1.13. The van der Waals surface area contributed by atoms with Crippen LogP contribution in [0.5, 0.6) is 0 Å². The molecule has 4 atom stereocenters. The topological polar surface area (TPSA) is 118 Å². The second kappa shape index (κ2) is 13.4. The maximum Gasteiger partial charge on any atom is 0.410 e. The summed E-state index contributed by atoms with van der Waals surface area (Å²) in [5.41, 5.74) is 8.26. The third-order valence-electron chi connectivity index (χ3n) is 9.81. The molecule has 3 amide bonds. The fraction of sp³-hybridized carbons (Fsp3) is 0.395. The molecule has 3 N–H and O–H groups in total. The second-order valence-corrected chi connectivity index (χ2v) is 13.2. The van der Waals surface area contributed by atoms with E-state index in [-0.39, 0.29) is 43.3 Å². The van der Waals surface area contributed by atoms with Crippen LogP contribution in [0.1, 0.15) is 61.6 Å². The highest BCUT2D eigenvalue weighted by Gasteiger charge is 2.53. The van der Waals surface area contributed by atoms with Crippen LogP contribution in [0.15, 0.2) is 84.9 Å². The molecule has 0 radical (unpaired) electrons. The van der Waals surface area contributed by atoms with Crippen LogP contribution in [0.3, 0.4) is 0 Å². The SMILES string of the molecule is CCC[C@H](NC(=O)[C@@H]1C[C@]2(C=C(c3ccccc3)NO2)CN1C(=O)OCC1c2ccccc2-c2ccccc21)C(OC)C(=O)NC1CC1. The highest BCUT2D eigenvalue weighted by molar-refractivity contribution is 5.89. The van der Waals surface area contributed by atoms with Crippen LogP contribution >= 0.6 is 0 Å². The fourth-order valence-electron chi connectivity index (χ4n) is 7.27. The van der Waals surface area contributed by atoms with E-state index in [1.165, 1.54) is 12.0 Å². The van der Waals surface area contributed by atoms with Crippen molar-refractivity contribution in [3.05, 3.63) is 102 Å². The Morgan fingerprint density at radius 3 is 2.29 bits per heavy atom. The molecule has 1 saturated heterocycles. The lowest BCUT2D eigenvalue weighted by Crippen LogP contribution is -2.55. The number of nitrogens with one attached hydrogen (secondary N) is 3. The predicted octanol–water partition coefficient (Wildman–Crippen LogP) is 4.90. The minimum absolute atomic E-state index is 0.111. The number of fused-ring (bicyclic) bond motifs is 3. The molecule has 7 rings (SSSR count). The predicted molar refractivity (Wildman–Crippen MR) is 180 cm³/mol. The first-order chi connectivity index (χ1) is 23.4. The summed E-state index contributed by atoms with van der Waals surface area (Å²) in [5, 5.41) is 6.07. The van der Waals surface area contributed by atoms with Gasteiger partial charge in [-0.3, -0.25) is 24.8 Å². The van der Waals surface area contributed by atoms with Gasteiger partial charge in [0.2, 0.25) is 5.91 Å². The maximum atomic E-state index is 14.2. The third-order valence-corrected chi connectivity index (χ3v) is 9.81. The monoisotopic (exact) mass is 650 g/mol. The molecule has 250 valence electrons. The molecule has 1 saturated carbocycles. The van der Waals surface area contributed by atoms with Gasteiger partial charge >= 0.3 is 6.09 Å². The Kier molecular flexibility index (Phi) is 8.94. The van der Waals surface area contributed by atoms with Crippen molar-refractivity contribution in [1.29, 1.82) is 0 Å². The number of nitrogens with zero attached hydrogens (tertiary/aromatic N) is 1. The number of hydroxylamine groups is 1. The van der Waals surface area contributed by atoms with E-state index in [1.807, 2.05) is 67.6 Å². The van der Waals surface area contributed by atoms with E-state index in [2.05, 4.69) is 40.4 Å². The molecule has 0 bridgehead atoms. The zero-order valence-corrected chi connectivity index (χ0v) is 27.3. The summed E-state index contributed by atoms with van der Waals surface area (Å²) in [6.45, 7) is 2.23. The van der Waals surface area contributed by atoms with Gasteiger partial charge in [0.15, 0.2) is 6.10 Å². The van der Waals surface area contributed by atoms with Gasteiger partial charge in [0.05, 0.1) is 18.3 Å². The van der Waals surface area contributed by atoms with E-state index in [1.54, 1.807) is 0 Å². The second-order valence-electron chi connectivity index (χ2n) is 13.2. The van der Waals surface area contributed by atoms with E-state index in [4.69, 9.17) is 14.3 Å². The van der Waals surface area contributed by atoms with Crippen LogP contribution in [0.25, 0.3) is 16.8 Å². The van der Waals surface area contributed by atoms with E-state index >= 15 is 0 Å². The van der Waals surface area contributed by atoms with Crippen molar-refractivity contribution >= 4 is 23.6 Å². The molecule has 3 aromatic rings. The molecule has 1 unspecified atom stereocenters. The van der Waals surface area contributed by atoms with Gasteiger partial charge in [0.1, 0.15) is 18.2 Å². The van der Waals surface area contributed by atoms with Gasteiger partial charge in [0, 0.05) is 25.5 Å². The van der Waals surface area contributed by atoms with Crippen molar-refractivity contribution in [2.75, 3.05) is 20.3 Å². The number of hydrogen-bond donors (Lipinski definition) is 3. The lowest BCUT2D eigenvalue weighted by Gasteiger charge is -2.29. The largest absolute Gasteiger partial charge is 0.448 e. The first-order valence-corrected chi connectivity index (χ1v) is 16.9. The third kappa shape index (κ3) is 6.30. The Labute approximate surface area is 280 Å². The van der Waals surface area contributed by atoms with E-state index in [0.29, 0.717) is 6.42 Å². The average Bonchev–Trinajstić information content (AvgIpc) is 3.56. The molecule has 1 spiro atoms. The van der Waals surface area contributed by atoms with E-state index in [0.717, 1.165) is 52.8 Å². The van der Waals surface area contributed by atoms with Gasteiger partial charge in [-0.1, -0.05) is 92.2 Å². The number of methoxy groups -OCH3 is 1. The van der Waals surface area contributed by atoms with Gasteiger partial charge in [-0.15, -0.1) is 0 Å². The minimum atomic E-state index is -0.955. The molecular weight excluding hydrogens is 608 g/mol. The van der Waals surface area contributed by atoms with Crippen molar-refractivity contribution in [2.24, 2.45) is 0 Å². The van der Waals surface area contributed by atoms with Crippen molar-refractivity contribution < 1.29 is 28.7 Å². The Morgan fingerprint density at radius 2 is 1.65 bits per heavy atom. The van der Waals surface area contributed by atoms with Gasteiger partial charge in [-0.2, -0.15) is 0 Å². The normalized spacial score (nSPS) is 22.3. The smallest absolute Gasteiger partial charge is 0.410 e. The summed E-state index contributed by atoms with van der Waals surface area (Å²) in [6.07, 6.45) is 3.84. The highest BCUT2D eigenvalue weighted by Crippen LogP contribution is 2.45. The Bertz CT molecular complexity index is 1660. The minimum Gasteiger partial charge on any atom is -0.448 e. The molecule has 10 nitrogen and oxygen atoms in total. The quantitative estimate of drug-likeness (QED) is 0.270. The van der Waals surface area contributed by atoms with Crippen LogP contribution in [-0.2, 0) is 23.9 Å². The zero-order valence-electron chi connectivity index (χ0n) is 27.3. The standard InChI is InChI=1S/C38H42N4O6/c1-3-11-31(34(46-2)36(44)39-25-18-19-25)40-35(43)33-21-38(20-32(41-48-38)24-12-5-4-6-13-24)23-42(33)37(45)47-22-30-28-16-9-7-14-26(28)27-15-8-10-17-29(27)30/h4-10,12-17,20,25,30-31,33-34,41H,3,11,18-19,21-23H2,1-2H3,(H,39,44)(H,40,43)/t31-,33-,34?,38+/m0/s1. The fourth-order valence-corrected chi connectivity index (χ4v) is 7.27. The Morgan fingerprint density at radius 1 is 0.979 bits per heavy atom. The van der Waals surface area contributed by atoms with Crippen molar-refractivity contribution in [3.8, 4) is 11.1 Å². The molecule has 2 aliphatic heterocycles. The number of likely N-dealkylation sites (tertiary alicyclic amines) is 1. The first kappa shape index (κ1) is 31.9. The number of carbonyl (C=O) groups is 3. The van der Waals surface area contributed by atoms with Crippen LogP contribution in [0, 0.1) is 0 Å². The molecular formula is C38H42N4O6. The molecule has 10 heteroatoms.